The van der Waals surface area contributed by atoms with Gasteiger partial charge >= 0.3 is 13.7 Å². The van der Waals surface area contributed by atoms with Crippen molar-refractivity contribution in [1.82, 2.24) is 24.6 Å². The lowest BCUT2D eigenvalue weighted by molar-refractivity contribution is -0.153. The first kappa shape index (κ1) is 37.4. The Kier molecular flexibility index (Phi) is 10.9. The van der Waals surface area contributed by atoms with Gasteiger partial charge in [-0.15, -0.1) is 0 Å². The van der Waals surface area contributed by atoms with E-state index in [0.717, 1.165) is 37.5 Å². The predicted molar refractivity (Wildman–Crippen MR) is 203 cm³/mol. The maximum Gasteiger partial charge on any atom is 0.459 e. The molecule has 7 rings (SSSR count). The summed E-state index contributed by atoms with van der Waals surface area (Å²) in [6.45, 7) is 0.856. The third kappa shape index (κ3) is 7.72. The molecule has 2 aromatic heterocycles. The molecule has 2 aliphatic rings. The summed E-state index contributed by atoms with van der Waals surface area (Å²) in [5, 5.41) is 27.5. The van der Waals surface area contributed by atoms with Crippen molar-refractivity contribution in [3.63, 3.8) is 0 Å². The number of rotatable bonds is 12. The first-order valence-electron chi connectivity index (χ1n) is 17.2. The van der Waals surface area contributed by atoms with Gasteiger partial charge in [-0.2, -0.15) is 15.1 Å². The topological polar surface area (TPSA) is 202 Å². The number of anilines is 1. The van der Waals surface area contributed by atoms with Crippen molar-refractivity contribution >= 4 is 64.2 Å². The van der Waals surface area contributed by atoms with E-state index in [1.54, 1.807) is 42.5 Å². The molecule has 3 aromatic carbocycles. The number of carbonyl (C=O) groups is 1. The molecule has 5 N–H and O–H groups in total. The molecule has 0 spiro atoms. The summed E-state index contributed by atoms with van der Waals surface area (Å²) in [5.41, 5.74) is 4.96. The lowest BCUT2D eigenvalue weighted by Gasteiger charge is -2.29. The summed E-state index contributed by atoms with van der Waals surface area (Å²) in [6.07, 6.45) is 0.112. The molecule has 0 amide bonds. The number of nitrogen functional groups attached to an aromatic ring is 1. The standard InChI is InChI=1S/C36H40IN6O9P/c1-36(46)29(44)26(51-33(36)43-30-28(39-34(43)37)31(48-2)41-35(38)40-30)20-49-53(47,52-25-19-11-15-21-12-9-10-18-24(21)25)42-27(22-13-5-3-6-14-22)32(45)50-23-16-7-4-8-17-23/h3,5-6,9-15,18-19,23,26-27,29,33,44,46H,4,7-8,16-17,20H2,1-2H3,(H,42,47)(H2,38,40,41)/t26-,27?,29-,33-,36-,53?/m1/s1. The summed E-state index contributed by atoms with van der Waals surface area (Å²) < 4.78 is 46.7. The molecule has 1 saturated carbocycles. The van der Waals surface area contributed by atoms with Gasteiger partial charge in [-0.1, -0.05) is 73.2 Å². The minimum absolute atomic E-state index is 0.0995. The fraction of sp³-hybridized carbons (Fsp3) is 0.389. The highest BCUT2D eigenvalue weighted by Gasteiger charge is 2.55. The molecule has 1 aliphatic carbocycles. The van der Waals surface area contributed by atoms with Crippen LogP contribution in [0, 0.1) is 3.83 Å². The summed E-state index contributed by atoms with van der Waals surface area (Å²) in [6, 6.07) is 20.2. The van der Waals surface area contributed by atoms with Crippen molar-refractivity contribution in [3.05, 3.63) is 82.2 Å². The summed E-state index contributed by atoms with van der Waals surface area (Å²) >= 11 is 1.94. The van der Waals surface area contributed by atoms with Gasteiger partial charge in [0.15, 0.2) is 21.2 Å². The van der Waals surface area contributed by atoms with E-state index in [1.807, 2.05) is 52.9 Å². The number of carbonyl (C=O) groups excluding carboxylic acids is 1. The Morgan fingerprint density at radius 3 is 2.55 bits per heavy atom. The van der Waals surface area contributed by atoms with Crippen LogP contribution < -0.4 is 20.1 Å². The third-order valence-corrected chi connectivity index (χ3v) is 11.8. The van der Waals surface area contributed by atoms with Gasteiger partial charge < -0.3 is 34.7 Å². The van der Waals surface area contributed by atoms with Crippen LogP contribution in [-0.2, 0) is 23.4 Å². The molecule has 53 heavy (non-hydrogen) atoms. The largest absolute Gasteiger partial charge is 0.479 e. The molecule has 5 aromatic rings. The first-order chi connectivity index (χ1) is 25.5. The number of aliphatic hydroxyl groups is 2. The number of nitrogens with zero attached hydrogens (tertiary/aromatic N) is 4. The van der Waals surface area contributed by atoms with Crippen LogP contribution in [0.4, 0.5) is 5.95 Å². The molecular formula is C36H40IN6O9P. The van der Waals surface area contributed by atoms with Crippen molar-refractivity contribution in [2.45, 2.75) is 75.2 Å². The van der Waals surface area contributed by atoms with Crippen LogP contribution in [0.25, 0.3) is 21.9 Å². The number of nitrogens with one attached hydrogen (secondary N) is 1. The van der Waals surface area contributed by atoms with Gasteiger partial charge in [0.25, 0.3) is 0 Å². The maximum absolute atomic E-state index is 15.1. The molecule has 1 aliphatic heterocycles. The number of ether oxygens (including phenoxy) is 3. The number of esters is 1. The minimum atomic E-state index is -4.54. The van der Waals surface area contributed by atoms with E-state index in [0.29, 0.717) is 14.8 Å². The van der Waals surface area contributed by atoms with E-state index in [4.69, 9.17) is 29.0 Å². The lowest BCUT2D eigenvalue weighted by Crippen LogP contribution is -2.44. The number of methoxy groups -OCH3 is 1. The molecular weight excluding hydrogens is 818 g/mol. The Morgan fingerprint density at radius 2 is 1.79 bits per heavy atom. The van der Waals surface area contributed by atoms with Crippen LogP contribution in [0.2, 0.25) is 0 Å². The second-order valence-corrected chi connectivity index (χ2v) is 15.9. The first-order valence-corrected chi connectivity index (χ1v) is 19.9. The lowest BCUT2D eigenvalue weighted by atomic mass is 9.96. The van der Waals surface area contributed by atoms with Crippen molar-refractivity contribution in [2.75, 3.05) is 19.5 Å². The van der Waals surface area contributed by atoms with Crippen LogP contribution in [0.3, 0.4) is 0 Å². The molecule has 15 nitrogen and oxygen atoms in total. The zero-order chi connectivity index (χ0) is 37.3. The van der Waals surface area contributed by atoms with Gasteiger partial charge in [0, 0.05) is 28.0 Å². The van der Waals surface area contributed by atoms with E-state index in [1.165, 1.54) is 18.6 Å². The Labute approximate surface area is 318 Å². The zero-order valence-corrected chi connectivity index (χ0v) is 32.1. The van der Waals surface area contributed by atoms with Crippen LogP contribution in [0.15, 0.2) is 72.8 Å². The predicted octanol–water partition coefficient (Wildman–Crippen LogP) is 5.59. The number of fused-ring (bicyclic) bond motifs is 2. The van der Waals surface area contributed by atoms with Crippen LogP contribution in [0.1, 0.15) is 56.9 Å². The number of aliphatic hydroxyl groups excluding tert-OH is 1. The van der Waals surface area contributed by atoms with Gasteiger partial charge in [0.05, 0.1) is 13.7 Å². The Morgan fingerprint density at radius 1 is 1.08 bits per heavy atom. The molecule has 17 heteroatoms. The molecule has 3 heterocycles. The molecule has 6 atom stereocenters. The summed E-state index contributed by atoms with van der Waals surface area (Å²) in [5.74, 6) is -0.381. The van der Waals surface area contributed by atoms with Crippen molar-refractivity contribution in [3.8, 4) is 11.6 Å². The molecule has 0 radical (unpaired) electrons. The van der Waals surface area contributed by atoms with E-state index >= 15 is 4.57 Å². The smallest absolute Gasteiger partial charge is 0.459 e. The second-order valence-electron chi connectivity index (χ2n) is 13.2. The number of nitrogens with two attached hydrogens (primary N) is 1. The third-order valence-electron chi connectivity index (χ3n) is 9.53. The van der Waals surface area contributed by atoms with Crippen molar-refractivity contribution in [2.24, 2.45) is 0 Å². The number of benzene rings is 3. The van der Waals surface area contributed by atoms with E-state index in [2.05, 4.69) is 20.0 Å². The van der Waals surface area contributed by atoms with E-state index < -0.39 is 50.4 Å². The monoisotopic (exact) mass is 858 g/mol. The van der Waals surface area contributed by atoms with Crippen molar-refractivity contribution < 1.29 is 42.8 Å². The fourth-order valence-electron chi connectivity index (χ4n) is 6.79. The van der Waals surface area contributed by atoms with Gasteiger partial charge in [-0.3, -0.25) is 9.09 Å². The Balaban J connectivity index is 1.21. The zero-order valence-electron chi connectivity index (χ0n) is 29.0. The summed E-state index contributed by atoms with van der Waals surface area (Å²) in [4.78, 5) is 26.7. The molecule has 0 bridgehead atoms. The average molecular weight is 859 g/mol. The van der Waals surface area contributed by atoms with Crippen LogP contribution >= 0.6 is 30.3 Å². The van der Waals surface area contributed by atoms with Gasteiger partial charge in [-0.25, -0.2) is 14.3 Å². The van der Waals surface area contributed by atoms with Gasteiger partial charge in [0.1, 0.15) is 35.7 Å². The number of hydrogen-bond donors (Lipinski definition) is 4. The normalized spacial score (nSPS) is 23.8. The SMILES string of the molecule is COc1nc(N)nc2c1nc(I)n2[C@@H]1O[C@H](COP(=O)(NC(C(=O)OC2CCCCC2)c2ccccc2)Oc2cccc3ccccc23)[C@@H](O)[C@@]1(C)O. The highest BCUT2D eigenvalue weighted by atomic mass is 127. The van der Waals surface area contributed by atoms with E-state index in [-0.39, 0.29) is 34.8 Å². The number of imidazole rings is 1. The number of halogens is 1. The highest BCUT2D eigenvalue weighted by molar-refractivity contribution is 14.1. The fourth-order valence-corrected chi connectivity index (χ4v) is 9.02. The molecule has 1 saturated heterocycles. The van der Waals surface area contributed by atoms with Gasteiger partial charge in [-0.05, 0) is 49.6 Å². The molecule has 2 unspecified atom stereocenters. The van der Waals surface area contributed by atoms with Crippen LogP contribution in [0.5, 0.6) is 11.6 Å². The maximum atomic E-state index is 15.1. The Hall–Kier alpha value is -3.90. The second kappa shape index (κ2) is 15.5. The minimum Gasteiger partial charge on any atom is -0.479 e. The molecule has 2 fully saturated rings. The number of hydrogen-bond acceptors (Lipinski definition) is 13. The van der Waals surface area contributed by atoms with Gasteiger partial charge in [0.2, 0.25) is 11.8 Å². The molecule has 280 valence electrons. The van der Waals surface area contributed by atoms with Crippen LogP contribution in [-0.4, -0.2) is 73.3 Å². The Bertz CT molecular complexity index is 2140. The summed E-state index contributed by atoms with van der Waals surface area (Å²) in [7, 11) is -3.12. The quantitative estimate of drug-likeness (QED) is 0.0523. The van der Waals surface area contributed by atoms with E-state index in [9.17, 15) is 15.0 Å². The average Bonchev–Trinajstić information content (AvgIpc) is 3.60. The van der Waals surface area contributed by atoms with Crippen molar-refractivity contribution in [1.29, 1.82) is 0 Å². The number of aromatic nitrogens is 4. The highest BCUT2D eigenvalue weighted by Crippen LogP contribution is 2.50.